The van der Waals surface area contributed by atoms with Crippen LogP contribution in [0, 0.1) is 11.8 Å². The number of ether oxygens (including phenoxy) is 1. The molecule has 2 rings (SSSR count). The number of rotatable bonds is 11. The van der Waals surface area contributed by atoms with Gasteiger partial charge in [0, 0.05) is 12.3 Å². The Balaban J connectivity index is 1.68. The van der Waals surface area contributed by atoms with Crippen molar-refractivity contribution in [3.8, 4) is 0 Å². The zero-order chi connectivity index (χ0) is 16.5. The van der Waals surface area contributed by atoms with Gasteiger partial charge in [-0.3, -0.25) is 4.79 Å². The van der Waals surface area contributed by atoms with Crippen LogP contribution in [0.25, 0.3) is 0 Å². The third-order valence-electron chi connectivity index (χ3n) is 5.09. The fraction of sp³-hybridized carbons (Fsp3) is 0.750. The van der Waals surface area contributed by atoms with Crippen LogP contribution in [0.5, 0.6) is 0 Å². The average Bonchev–Trinajstić information content (AvgIpc) is 2.79. The number of fused-ring (bicyclic) bond motifs is 2. The molecule has 0 saturated heterocycles. The van der Waals surface area contributed by atoms with Crippen molar-refractivity contribution in [2.24, 2.45) is 11.8 Å². The number of aliphatic carboxylic acids is 1. The minimum atomic E-state index is -0.677. The molecule has 1 aliphatic carbocycles. The van der Waals surface area contributed by atoms with Gasteiger partial charge in [-0.25, -0.2) is 0 Å². The summed E-state index contributed by atoms with van der Waals surface area (Å²) >= 11 is 0. The molecule has 0 saturated carbocycles. The second-order valence-electron chi connectivity index (χ2n) is 6.99. The quantitative estimate of drug-likeness (QED) is 0.424. The number of hydrogen-bond donors (Lipinski definition) is 1. The Bertz CT molecular complexity index is 413. The van der Waals surface area contributed by atoms with E-state index < -0.39 is 5.97 Å². The standard InChI is InChI=1S/C20H32O3/c1-2-3-6-9-17-14-12-16-13-15-19(23-17)18(16)10-7-4-5-8-11-20(21)22/h12-19H,2-11H2,1H3,(H,21,22)/t16-,17+,18+,19-/m0/s1. The summed E-state index contributed by atoms with van der Waals surface area (Å²) < 4.78 is 6.32. The minimum absolute atomic E-state index is 0.278. The van der Waals surface area contributed by atoms with E-state index in [1.165, 1.54) is 32.1 Å². The number of carbonyl (C=O) groups is 1. The number of allylic oxidation sites excluding steroid dienone is 2. The molecule has 0 spiro atoms. The molecule has 0 aromatic rings. The van der Waals surface area contributed by atoms with Crippen LogP contribution in [0.15, 0.2) is 24.3 Å². The lowest BCUT2D eigenvalue weighted by atomic mass is 9.88. The Morgan fingerprint density at radius 2 is 1.70 bits per heavy atom. The van der Waals surface area contributed by atoms with Crippen LogP contribution in [0.4, 0.5) is 0 Å². The first kappa shape index (κ1) is 18.3. The Kier molecular flexibility index (Phi) is 7.87. The van der Waals surface area contributed by atoms with E-state index in [2.05, 4.69) is 31.2 Å². The van der Waals surface area contributed by atoms with Gasteiger partial charge < -0.3 is 9.84 Å². The molecule has 130 valence electrons. The fourth-order valence-corrected chi connectivity index (χ4v) is 3.72. The molecule has 3 heteroatoms. The van der Waals surface area contributed by atoms with Crippen LogP contribution in [0.1, 0.15) is 71.1 Å². The third kappa shape index (κ3) is 6.14. The van der Waals surface area contributed by atoms with Crippen molar-refractivity contribution in [1.82, 2.24) is 0 Å². The van der Waals surface area contributed by atoms with Gasteiger partial charge in [-0.2, -0.15) is 0 Å². The molecule has 2 bridgehead atoms. The van der Waals surface area contributed by atoms with Gasteiger partial charge in [0.2, 0.25) is 0 Å². The van der Waals surface area contributed by atoms with Gasteiger partial charge in [0.1, 0.15) is 0 Å². The van der Waals surface area contributed by atoms with Gasteiger partial charge >= 0.3 is 5.97 Å². The van der Waals surface area contributed by atoms with E-state index in [4.69, 9.17) is 9.84 Å². The molecule has 2 aliphatic rings. The van der Waals surface area contributed by atoms with Gasteiger partial charge in [0.05, 0.1) is 12.2 Å². The highest BCUT2D eigenvalue weighted by atomic mass is 16.5. The fourth-order valence-electron chi connectivity index (χ4n) is 3.72. The molecular formula is C20H32O3. The van der Waals surface area contributed by atoms with Gasteiger partial charge in [0.15, 0.2) is 0 Å². The summed E-state index contributed by atoms with van der Waals surface area (Å²) in [7, 11) is 0. The van der Waals surface area contributed by atoms with E-state index in [1.807, 2.05) is 0 Å². The van der Waals surface area contributed by atoms with Crippen molar-refractivity contribution < 1.29 is 14.6 Å². The topological polar surface area (TPSA) is 46.5 Å². The number of carboxylic acids is 1. The first-order chi connectivity index (χ1) is 11.2. The lowest BCUT2D eigenvalue weighted by Crippen LogP contribution is -2.24. The molecule has 0 fully saturated rings. The summed E-state index contributed by atoms with van der Waals surface area (Å²) in [5, 5.41) is 8.65. The largest absolute Gasteiger partial charge is 0.481 e. The average molecular weight is 320 g/mol. The van der Waals surface area contributed by atoms with E-state index in [9.17, 15) is 4.79 Å². The zero-order valence-corrected chi connectivity index (χ0v) is 14.5. The van der Waals surface area contributed by atoms with Gasteiger partial charge in [-0.1, -0.05) is 69.8 Å². The predicted octanol–water partition coefficient (Wildman–Crippen LogP) is 5.12. The number of unbranched alkanes of at least 4 members (excludes halogenated alkanes) is 5. The zero-order valence-electron chi connectivity index (χ0n) is 14.5. The lowest BCUT2D eigenvalue weighted by molar-refractivity contribution is -0.137. The van der Waals surface area contributed by atoms with E-state index in [-0.39, 0.29) is 6.10 Å². The third-order valence-corrected chi connectivity index (χ3v) is 5.09. The highest BCUT2D eigenvalue weighted by molar-refractivity contribution is 5.66. The van der Waals surface area contributed by atoms with E-state index in [1.54, 1.807) is 0 Å². The summed E-state index contributed by atoms with van der Waals surface area (Å²) in [6, 6.07) is 0. The van der Waals surface area contributed by atoms with Crippen molar-refractivity contribution in [2.75, 3.05) is 0 Å². The minimum Gasteiger partial charge on any atom is -0.481 e. The highest BCUT2D eigenvalue weighted by Crippen LogP contribution is 2.37. The second kappa shape index (κ2) is 9.92. The van der Waals surface area contributed by atoms with Gasteiger partial charge in [-0.15, -0.1) is 0 Å². The molecule has 1 aliphatic heterocycles. The van der Waals surface area contributed by atoms with Crippen LogP contribution in [0.2, 0.25) is 0 Å². The molecule has 0 amide bonds. The number of hydrogen-bond acceptors (Lipinski definition) is 2. The molecule has 1 N–H and O–H groups in total. The van der Waals surface area contributed by atoms with E-state index in [0.29, 0.717) is 24.4 Å². The Labute approximate surface area is 140 Å². The predicted molar refractivity (Wildman–Crippen MR) is 93.4 cm³/mol. The van der Waals surface area contributed by atoms with Crippen molar-refractivity contribution in [1.29, 1.82) is 0 Å². The Morgan fingerprint density at radius 3 is 2.48 bits per heavy atom. The van der Waals surface area contributed by atoms with Crippen molar-refractivity contribution in [3.05, 3.63) is 24.3 Å². The smallest absolute Gasteiger partial charge is 0.303 e. The van der Waals surface area contributed by atoms with Crippen molar-refractivity contribution in [2.45, 2.75) is 83.3 Å². The Morgan fingerprint density at radius 1 is 0.957 bits per heavy atom. The van der Waals surface area contributed by atoms with Gasteiger partial charge in [0.25, 0.3) is 0 Å². The molecule has 23 heavy (non-hydrogen) atoms. The van der Waals surface area contributed by atoms with Crippen molar-refractivity contribution >= 4 is 5.97 Å². The monoisotopic (exact) mass is 320 g/mol. The highest BCUT2D eigenvalue weighted by Gasteiger charge is 2.33. The van der Waals surface area contributed by atoms with Crippen LogP contribution in [0.3, 0.4) is 0 Å². The Hall–Kier alpha value is -1.09. The first-order valence-electron chi connectivity index (χ1n) is 9.44. The van der Waals surface area contributed by atoms with E-state index >= 15 is 0 Å². The normalized spacial score (nSPS) is 28.9. The maximum atomic E-state index is 10.5. The van der Waals surface area contributed by atoms with E-state index in [0.717, 1.165) is 25.7 Å². The summed E-state index contributed by atoms with van der Waals surface area (Å²) in [6.07, 6.45) is 20.3. The number of carboxylic acid groups (broad SMARTS) is 1. The molecule has 4 atom stereocenters. The second-order valence-corrected chi connectivity index (χ2v) is 6.99. The molecular weight excluding hydrogens is 288 g/mol. The summed E-state index contributed by atoms with van der Waals surface area (Å²) in [5.41, 5.74) is 0. The van der Waals surface area contributed by atoms with Crippen LogP contribution in [-0.2, 0) is 9.53 Å². The van der Waals surface area contributed by atoms with Crippen LogP contribution in [-0.4, -0.2) is 23.3 Å². The molecule has 1 heterocycles. The van der Waals surface area contributed by atoms with Crippen molar-refractivity contribution in [3.63, 3.8) is 0 Å². The first-order valence-corrected chi connectivity index (χ1v) is 9.44. The van der Waals surface area contributed by atoms with Crippen LogP contribution >= 0.6 is 0 Å². The SMILES string of the molecule is CCCCC[C@@H]1C=C[C@H]2C=C[C@H](O1)[C@@H]2CCCCCCC(=O)O. The summed E-state index contributed by atoms with van der Waals surface area (Å²) in [6.45, 7) is 2.24. The van der Waals surface area contributed by atoms with Gasteiger partial charge in [-0.05, 0) is 25.2 Å². The summed E-state index contributed by atoms with van der Waals surface area (Å²) in [5.74, 6) is 0.445. The molecule has 0 radical (unpaired) electrons. The maximum Gasteiger partial charge on any atom is 0.303 e. The maximum absolute atomic E-state index is 10.5. The summed E-state index contributed by atoms with van der Waals surface area (Å²) in [4.78, 5) is 10.5. The molecule has 0 unspecified atom stereocenters. The molecule has 0 aromatic heterocycles. The molecule has 0 aromatic carbocycles. The molecule has 3 nitrogen and oxygen atoms in total. The van der Waals surface area contributed by atoms with Crippen LogP contribution < -0.4 is 0 Å². The lowest BCUT2D eigenvalue weighted by Gasteiger charge is -2.24.